The molecular weight excluding hydrogens is 152 g/mol. The van der Waals surface area contributed by atoms with Gasteiger partial charge in [-0.1, -0.05) is 12.5 Å². The van der Waals surface area contributed by atoms with E-state index in [4.69, 9.17) is 4.74 Å². The minimum Gasteiger partial charge on any atom is -0.466 e. The van der Waals surface area contributed by atoms with Gasteiger partial charge in [0.25, 0.3) is 0 Å². The Kier molecular flexibility index (Phi) is 5.43. The smallest absolute Gasteiger partial charge is 0.302 e. The van der Waals surface area contributed by atoms with Crippen LogP contribution in [0.1, 0.15) is 33.6 Å². The molecule has 12 heavy (non-hydrogen) atoms. The molecule has 2 nitrogen and oxygen atoms in total. The summed E-state index contributed by atoms with van der Waals surface area (Å²) in [5, 5.41) is 0. The number of carbonyl (C=O) groups is 1. The van der Waals surface area contributed by atoms with E-state index in [0.717, 1.165) is 12.8 Å². The van der Waals surface area contributed by atoms with Gasteiger partial charge in [-0.15, -0.1) is 6.58 Å². The quantitative estimate of drug-likeness (QED) is 0.468. The molecule has 0 aromatic carbocycles. The van der Waals surface area contributed by atoms with Crippen molar-refractivity contribution in [2.75, 3.05) is 6.61 Å². The van der Waals surface area contributed by atoms with E-state index in [9.17, 15) is 4.79 Å². The van der Waals surface area contributed by atoms with E-state index in [1.807, 2.05) is 6.92 Å². The molecule has 0 saturated heterocycles. The molecule has 70 valence electrons. The van der Waals surface area contributed by atoms with Crippen LogP contribution in [0.4, 0.5) is 0 Å². The number of hydrogen-bond acceptors (Lipinski definition) is 2. The van der Waals surface area contributed by atoms with Crippen LogP contribution in [-0.2, 0) is 9.53 Å². The molecule has 0 saturated carbocycles. The molecule has 0 N–H and O–H groups in total. The van der Waals surface area contributed by atoms with Gasteiger partial charge >= 0.3 is 5.97 Å². The Morgan fingerprint density at radius 1 is 1.50 bits per heavy atom. The van der Waals surface area contributed by atoms with E-state index >= 15 is 0 Å². The Bertz CT molecular complexity index is 143. The van der Waals surface area contributed by atoms with Crippen molar-refractivity contribution in [3.8, 4) is 0 Å². The van der Waals surface area contributed by atoms with Crippen LogP contribution in [0.15, 0.2) is 12.2 Å². The molecule has 0 heterocycles. The lowest BCUT2D eigenvalue weighted by Crippen LogP contribution is -2.09. The molecule has 0 aliphatic carbocycles. The first-order valence-electron chi connectivity index (χ1n) is 4.30. The minimum atomic E-state index is -0.197. The van der Waals surface area contributed by atoms with E-state index in [1.165, 1.54) is 12.5 Å². The van der Waals surface area contributed by atoms with Gasteiger partial charge in [0.2, 0.25) is 0 Å². The summed E-state index contributed by atoms with van der Waals surface area (Å²) in [7, 11) is 0. The first-order valence-corrected chi connectivity index (χ1v) is 4.30. The van der Waals surface area contributed by atoms with Crippen molar-refractivity contribution in [1.29, 1.82) is 0 Å². The van der Waals surface area contributed by atoms with Gasteiger partial charge in [0.15, 0.2) is 0 Å². The fourth-order valence-electron chi connectivity index (χ4n) is 0.836. The first kappa shape index (κ1) is 11.2. The number of hydrogen-bond donors (Lipinski definition) is 0. The topological polar surface area (TPSA) is 26.3 Å². The van der Waals surface area contributed by atoms with E-state index < -0.39 is 0 Å². The average Bonchev–Trinajstić information content (AvgIpc) is 1.96. The number of carbonyl (C=O) groups excluding carboxylic acids is 1. The molecule has 0 amide bonds. The Morgan fingerprint density at radius 3 is 2.50 bits per heavy atom. The van der Waals surface area contributed by atoms with E-state index in [1.54, 1.807) is 0 Å². The van der Waals surface area contributed by atoms with Crippen molar-refractivity contribution >= 4 is 5.97 Å². The second-order valence-corrected chi connectivity index (χ2v) is 3.40. The van der Waals surface area contributed by atoms with Gasteiger partial charge < -0.3 is 4.74 Å². The summed E-state index contributed by atoms with van der Waals surface area (Å²) < 4.78 is 4.87. The standard InChI is InChI=1S/C10H18O2/c1-8(2)5-6-9(3)7-12-10(4)11/h9H,1,5-7H2,2-4H3/t9-/m1/s1. The van der Waals surface area contributed by atoms with Gasteiger partial charge in [-0.25, -0.2) is 0 Å². The highest BCUT2D eigenvalue weighted by Gasteiger charge is 2.03. The fourth-order valence-corrected chi connectivity index (χ4v) is 0.836. The lowest BCUT2D eigenvalue weighted by molar-refractivity contribution is -0.142. The predicted octanol–water partition coefficient (Wildman–Crippen LogP) is 2.54. The van der Waals surface area contributed by atoms with Crippen LogP contribution in [0.25, 0.3) is 0 Å². The van der Waals surface area contributed by atoms with Gasteiger partial charge in [-0.3, -0.25) is 4.79 Å². The molecule has 0 rings (SSSR count). The average molecular weight is 170 g/mol. The molecule has 0 aromatic heterocycles. The monoisotopic (exact) mass is 170 g/mol. The van der Waals surface area contributed by atoms with Crippen LogP contribution < -0.4 is 0 Å². The lowest BCUT2D eigenvalue weighted by atomic mass is 10.0. The molecule has 0 unspecified atom stereocenters. The maximum absolute atomic E-state index is 10.4. The van der Waals surface area contributed by atoms with Crippen molar-refractivity contribution in [2.24, 2.45) is 5.92 Å². The summed E-state index contributed by atoms with van der Waals surface area (Å²) in [5.74, 6) is 0.239. The van der Waals surface area contributed by atoms with Crippen molar-refractivity contribution < 1.29 is 9.53 Å². The van der Waals surface area contributed by atoms with E-state index in [0.29, 0.717) is 12.5 Å². The Hall–Kier alpha value is -0.790. The number of rotatable bonds is 5. The maximum Gasteiger partial charge on any atom is 0.302 e. The summed E-state index contributed by atoms with van der Waals surface area (Å²) in [6.45, 7) is 9.87. The molecule has 0 spiro atoms. The van der Waals surface area contributed by atoms with E-state index in [2.05, 4.69) is 13.5 Å². The third-order valence-electron chi connectivity index (χ3n) is 1.64. The maximum atomic E-state index is 10.4. The Balaban J connectivity index is 3.39. The molecule has 1 atom stereocenters. The van der Waals surface area contributed by atoms with Crippen LogP contribution in [-0.4, -0.2) is 12.6 Å². The number of ether oxygens (including phenoxy) is 1. The Labute approximate surface area is 74.6 Å². The molecule has 0 radical (unpaired) electrons. The third kappa shape index (κ3) is 7.32. The van der Waals surface area contributed by atoms with Gasteiger partial charge in [0.05, 0.1) is 6.61 Å². The zero-order valence-corrected chi connectivity index (χ0v) is 8.22. The molecule has 0 aliphatic heterocycles. The summed E-state index contributed by atoms with van der Waals surface area (Å²) in [4.78, 5) is 10.4. The summed E-state index contributed by atoms with van der Waals surface area (Å²) in [5.41, 5.74) is 1.18. The van der Waals surface area contributed by atoms with Gasteiger partial charge in [0, 0.05) is 6.92 Å². The van der Waals surface area contributed by atoms with Crippen LogP contribution in [0.2, 0.25) is 0 Å². The number of esters is 1. The highest BCUT2D eigenvalue weighted by atomic mass is 16.5. The highest BCUT2D eigenvalue weighted by molar-refractivity contribution is 5.65. The minimum absolute atomic E-state index is 0.197. The van der Waals surface area contributed by atoms with Gasteiger partial charge in [0.1, 0.15) is 0 Å². The molecule has 0 aliphatic rings. The summed E-state index contributed by atoms with van der Waals surface area (Å²) >= 11 is 0. The molecule has 0 bridgehead atoms. The largest absolute Gasteiger partial charge is 0.466 e. The molecular formula is C10H18O2. The van der Waals surface area contributed by atoms with Crippen LogP contribution in [0.5, 0.6) is 0 Å². The normalized spacial score (nSPS) is 12.2. The Morgan fingerprint density at radius 2 is 2.08 bits per heavy atom. The van der Waals surface area contributed by atoms with Crippen molar-refractivity contribution in [3.63, 3.8) is 0 Å². The van der Waals surface area contributed by atoms with E-state index in [-0.39, 0.29) is 5.97 Å². The fraction of sp³-hybridized carbons (Fsp3) is 0.700. The lowest BCUT2D eigenvalue weighted by Gasteiger charge is -2.10. The number of allylic oxidation sites excluding steroid dienone is 1. The SMILES string of the molecule is C=C(C)CC[C@@H](C)COC(C)=O. The van der Waals surface area contributed by atoms with Crippen LogP contribution in [0.3, 0.4) is 0 Å². The molecule has 0 aromatic rings. The first-order chi connectivity index (χ1) is 5.52. The van der Waals surface area contributed by atoms with Crippen molar-refractivity contribution in [3.05, 3.63) is 12.2 Å². The third-order valence-corrected chi connectivity index (χ3v) is 1.64. The molecule has 2 heteroatoms. The van der Waals surface area contributed by atoms with Gasteiger partial charge in [-0.2, -0.15) is 0 Å². The second kappa shape index (κ2) is 5.81. The zero-order chi connectivity index (χ0) is 9.56. The van der Waals surface area contributed by atoms with Crippen LogP contribution >= 0.6 is 0 Å². The summed E-state index contributed by atoms with van der Waals surface area (Å²) in [6.07, 6.45) is 2.06. The molecule has 0 fully saturated rings. The second-order valence-electron chi connectivity index (χ2n) is 3.40. The van der Waals surface area contributed by atoms with Crippen molar-refractivity contribution in [1.82, 2.24) is 0 Å². The van der Waals surface area contributed by atoms with Crippen molar-refractivity contribution in [2.45, 2.75) is 33.6 Å². The predicted molar refractivity (Wildman–Crippen MR) is 49.8 cm³/mol. The van der Waals surface area contributed by atoms with Gasteiger partial charge in [-0.05, 0) is 25.7 Å². The zero-order valence-electron chi connectivity index (χ0n) is 8.22. The van der Waals surface area contributed by atoms with Crippen LogP contribution in [0, 0.1) is 5.92 Å². The highest BCUT2D eigenvalue weighted by Crippen LogP contribution is 2.10. The summed E-state index contributed by atoms with van der Waals surface area (Å²) in [6, 6.07) is 0.